The van der Waals surface area contributed by atoms with E-state index in [1.807, 2.05) is 25.3 Å². The summed E-state index contributed by atoms with van der Waals surface area (Å²) in [5.41, 5.74) is 3.48. The second kappa shape index (κ2) is 12.2. The maximum atomic E-state index is 12.3. The van der Waals surface area contributed by atoms with Crippen molar-refractivity contribution in [2.45, 2.75) is 63.5 Å². The molecular weight excluding hydrogens is 410 g/mol. The van der Waals surface area contributed by atoms with E-state index in [1.54, 1.807) is 0 Å². The molecule has 2 heterocycles. The molecule has 5 nitrogen and oxygen atoms in total. The Morgan fingerprint density at radius 1 is 0.970 bits per heavy atom. The van der Waals surface area contributed by atoms with Crippen LogP contribution in [0.5, 0.6) is 0 Å². The van der Waals surface area contributed by atoms with Crippen molar-refractivity contribution in [2.75, 3.05) is 43.5 Å². The summed E-state index contributed by atoms with van der Waals surface area (Å²) in [5, 5.41) is 3.05. The first-order chi connectivity index (χ1) is 16.2. The Kier molecular flexibility index (Phi) is 8.79. The highest BCUT2D eigenvalue weighted by Crippen LogP contribution is 2.26. The lowest BCUT2D eigenvalue weighted by Gasteiger charge is -2.42. The predicted molar refractivity (Wildman–Crippen MR) is 136 cm³/mol. The van der Waals surface area contributed by atoms with Crippen LogP contribution in [0.1, 0.15) is 50.5 Å². The molecule has 33 heavy (non-hydrogen) atoms. The Morgan fingerprint density at radius 2 is 1.73 bits per heavy atom. The smallest absolute Gasteiger partial charge is 0.224 e. The molecule has 2 aromatic carbocycles. The van der Waals surface area contributed by atoms with Gasteiger partial charge in [-0.3, -0.25) is 9.69 Å². The number of nitrogens with one attached hydrogen (secondary N) is 1. The number of hydrogen-bond acceptors (Lipinski definition) is 4. The van der Waals surface area contributed by atoms with E-state index in [0.717, 1.165) is 44.6 Å². The second-order valence-corrected chi connectivity index (χ2v) is 9.50. The SMILES string of the molecule is COC1CCCN(C2CCN(c3ccc(NC(=O)CCCCc4ccccc4)cc3)CC2)C1. The van der Waals surface area contributed by atoms with E-state index in [9.17, 15) is 4.79 Å². The number of amides is 1. The van der Waals surface area contributed by atoms with Gasteiger partial charge in [0.1, 0.15) is 0 Å². The number of piperidine rings is 2. The number of ether oxygens (including phenoxy) is 1. The maximum absolute atomic E-state index is 12.3. The van der Waals surface area contributed by atoms with E-state index in [1.165, 1.54) is 43.5 Å². The van der Waals surface area contributed by atoms with Crippen LogP contribution in [0.2, 0.25) is 0 Å². The van der Waals surface area contributed by atoms with Crippen LogP contribution in [0.4, 0.5) is 11.4 Å². The fourth-order valence-electron chi connectivity index (χ4n) is 5.22. The minimum Gasteiger partial charge on any atom is -0.380 e. The van der Waals surface area contributed by atoms with Gasteiger partial charge in [-0.1, -0.05) is 30.3 Å². The van der Waals surface area contributed by atoms with Gasteiger partial charge in [-0.05, 0) is 81.3 Å². The van der Waals surface area contributed by atoms with Crippen LogP contribution < -0.4 is 10.2 Å². The molecule has 1 unspecified atom stereocenters. The van der Waals surface area contributed by atoms with Gasteiger partial charge in [0.2, 0.25) is 5.91 Å². The summed E-state index contributed by atoms with van der Waals surface area (Å²) in [4.78, 5) is 17.4. The largest absolute Gasteiger partial charge is 0.380 e. The van der Waals surface area contributed by atoms with E-state index in [0.29, 0.717) is 18.6 Å². The van der Waals surface area contributed by atoms with Crippen LogP contribution in [0, 0.1) is 0 Å². The number of likely N-dealkylation sites (tertiary alicyclic amines) is 1. The molecule has 4 rings (SSSR count). The van der Waals surface area contributed by atoms with Crippen LogP contribution >= 0.6 is 0 Å². The predicted octanol–water partition coefficient (Wildman–Crippen LogP) is 5.12. The number of rotatable bonds is 9. The highest BCUT2D eigenvalue weighted by molar-refractivity contribution is 5.90. The molecule has 0 bridgehead atoms. The molecule has 0 aromatic heterocycles. The third-order valence-electron chi connectivity index (χ3n) is 7.20. The van der Waals surface area contributed by atoms with Gasteiger partial charge < -0.3 is 15.0 Å². The van der Waals surface area contributed by atoms with E-state index in [4.69, 9.17) is 4.74 Å². The van der Waals surface area contributed by atoms with E-state index < -0.39 is 0 Å². The zero-order valence-corrected chi connectivity index (χ0v) is 20.0. The van der Waals surface area contributed by atoms with E-state index >= 15 is 0 Å². The first-order valence-corrected chi connectivity index (χ1v) is 12.7. The second-order valence-electron chi connectivity index (χ2n) is 9.50. The first-order valence-electron chi connectivity index (χ1n) is 12.7. The molecule has 1 N–H and O–H groups in total. The van der Waals surface area contributed by atoms with Gasteiger partial charge >= 0.3 is 0 Å². The molecule has 1 amide bonds. The summed E-state index contributed by atoms with van der Waals surface area (Å²) in [5.74, 6) is 0.104. The summed E-state index contributed by atoms with van der Waals surface area (Å²) in [6, 6.07) is 19.5. The van der Waals surface area contributed by atoms with Gasteiger partial charge in [-0.25, -0.2) is 0 Å². The third-order valence-corrected chi connectivity index (χ3v) is 7.20. The van der Waals surface area contributed by atoms with Crippen molar-refractivity contribution in [2.24, 2.45) is 0 Å². The van der Waals surface area contributed by atoms with Crippen LogP contribution in [-0.2, 0) is 16.0 Å². The molecule has 2 aromatic rings. The lowest BCUT2D eigenvalue weighted by molar-refractivity contribution is -0.116. The minimum absolute atomic E-state index is 0.104. The number of anilines is 2. The number of carbonyl (C=O) groups excluding carboxylic acids is 1. The summed E-state index contributed by atoms with van der Waals surface area (Å²) in [6.07, 6.45) is 8.82. The average molecular weight is 450 g/mol. The Bertz CT molecular complexity index is 847. The molecule has 0 radical (unpaired) electrons. The minimum atomic E-state index is 0.104. The summed E-state index contributed by atoms with van der Waals surface area (Å²) in [7, 11) is 1.84. The Labute approximate surface area is 199 Å². The van der Waals surface area contributed by atoms with Crippen molar-refractivity contribution in [1.29, 1.82) is 0 Å². The van der Waals surface area contributed by atoms with Crippen molar-refractivity contribution < 1.29 is 9.53 Å². The summed E-state index contributed by atoms with van der Waals surface area (Å²) >= 11 is 0. The van der Waals surface area contributed by atoms with Crippen molar-refractivity contribution in [3.63, 3.8) is 0 Å². The average Bonchev–Trinajstić information content (AvgIpc) is 2.88. The number of carbonyl (C=O) groups is 1. The summed E-state index contributed by atoms with van der Waals surface area (Å²) in [6.45, 7) is 4.48. The summed E-state index contributed by atoms with van der Waals surface area (Å²) < 4.78 is 5.60. The van der Waals surface area contributed by atoms with Gasteiger partial charge in [-0.15, -0.1) is 0 Å². The van der Waals surface area contributed by atoms with Crippen LogP contribution in [-0.4, -0.2) is 56.2 Å². The van der Waals surface area contributed by atoms with Crippen LogP contribution in [0.25, 0.3) is 0 Å². The molecule has 0 aliphatic carbocycles. The Morgan fingerprint density at radius 3 is 2.45 bits per heavy atom. The van der Waals surface area contributed by atoms with Crippen LogP contribution in [0.3, 0.4) is 0 Å². The topological polar surface area (TPSA) is 44.8 Å². The highest BCUT2D eigenvalue weighted by Gasteiger charge is 2.28. The molecule has 178 valence electrons. The number of methoxy groups -OCH3 is 1. The van der Waals surface area contributed by atoms with E-state index in [-0.39, 0.29) is 5.91 Å². The fraction of sp³-hybridized carbons (Fsp3) is 0.536. The number of nitrogens with zero attached hydrogens (tertiary/aromatic N) is 2. The van der Waals surface area contributed by atoms with E-state index in [2.05, 4.69) is 51.5 Å². The molecule has 2 fully saturated rings. The van der Waals surface area contributed by atoms with Crippen LogP contribution in [0.15, 0.2) is 54.6 Å². The molecule has 2 aliphatic rings. The Balaban J connectivity index is 1.17. The Hall–Kier alpha value is -2.37. The van der Waals surface area contributed by atoms with Crippen molar-refractivity contribution in [3.05, 3.63) is 60.2 Å². The van der Waals surface area contributed by atoms with Crippen molar-refractivity contribution in [1.82, 2.24) is 4.90 Å². The number of hydrogen-bond donors (Lipinski definition) is 1. The van der Waals surface area contributed by atoms with Gasteiger partial charge in [0.15, 0.2) is 0 Å². The quantitative estimate of drug-likeness (QED) is 0.540. The maximum Gasteiger partial charge on any atom is 0.224 e. The number of aryl methyl sites for hydroxylation is 1. The lowest BCUT2D eigenvalue weighted by atomic mass is 9.98. The van der Waals surface area contributed by atoms with Gasteiger partial charge in [-0.2, -0.15) is 0 Å². The third kappa shape index (κ3) is 7.05. The normalized spacial score (nSPS) is 20.0. The molecule has 1 atom stereocenters. The van der Waals surface area contributed by atoms with Gasteiger partial charge in [0.25, 0.3) is 0 Å². The fourth-order valence-corrected chi connectivity index (χ4v) is 5.22. The standard InChI is InChI=1S/C28H39N3O2/c1-33-27-11-7-19-31(22-27)26-17-20-30(21-18-26)25-15-13-24(14-16-25)29-28(32)12-6-5-10-23-8-3-2-4-9-23/h2-4,8-9,13-16,26-27H,5-7,10-12,17-22H2,1H3,(H,29,32). The van der Waals surface area contributed by atoms with Crippen molar-refractivity contribution >= 4 is 17.3 Å². The van der Waals surface area contributed by atoms with Crippen molar-refractivity contribution in [3.8, 4) is 0 Å². The molecule has 2 saturated heterocycles. The first kappa shape index (κ1) is 23.8. The molecule has 0 spiro atoms. The lowest BCUT2D eigenvalue weighted by Crippen LogP contribution is -2.50. The zero-order valence-electron chi connectivity index (χ0n) is 20.0. The molecule has 5 heteroatoms. The number of unbranched alkanes of at least 4 members (excludes halogenated alkanes) is 1. The highest BCUT2D eigenvalue weighted by atomic mass is 16.5. The molecular formula is C28H39N3O2. The monoisotopic (exact) mass is 449 g/mol. The van der Waals surface area contributed by atoms with Gasteiger partial charge in [0, 0.05) is 50.6 Å². The number of benzene rings is 2. The molecule has 2 aliphatic heterocycles. The molecule has 0 saturated carbocycles. The zero-order chi connectivity index (χ0) is 22.9. The van der Waals surface area contributed by atoms with Gasteiger partial charge in [0.05, 0.1) is 6.10 Å².